The lowest BCUT2D eigenvalue weighted by atomic mass is 10.2. The van der Waals surface area contributed by atoms with E-state index >= 15 is 0 Å². The van der Waals surface area contributed by atoms with Gasteiger partial charge in [-0.25, -0.2) is 13.1 Å². The second kappa shape index (κ2) is 8.19. The quantitative estimate of drug-likeness (QED) is 0.630. The van der Waals surface area contributed by atoms with Crippen LogP contribution in [0.2, 0.25) is 0 Å². The molecule has 0 radical (unpaired) electrons. The van der Waals surface area contributed by atoms with Crippen molar-refractivity contribution in [3.05, 3.63) is 54.4 Å². The van der Waals surface area contributed by atoms with Crippen molar-refractivity contribution >= 4 is 10.0 Å². The Morgan fingerprint density at radius 3 is 2.48 bits per heavy atom. The predicted octanol–water partition coefficient (Wildman–Crippen LogP) is 2.27. The fourth-order valence-electron chi connectivity index (χ4n) is 2.42. The molecule has 0 amide bonds. The molecule has 2 aromatic carbocycles. The summed E-state index contributed by atoms with van der Waals surface area (Å²) in [7, 11) is -0.463. The third-order valence-corrected chi connectivity index (χ3v) is 5.27. The molecule has 0 saturated carbocycles. The van der Waals surface area contributed by atoms with Crippen molar-refractivity contribution in [3.63, 3.8) is 0 Å². The van der Waals surface area contributed by atoms with Crippen molar-refractivity contribution in [2.24, 2.45) is 0 Å². The second-order valence-electron chi connectivity index (χ2n) is 5.54. The van der Waals surface area contributed by atoms with Crippen molar-refractivity contribution in [2.45, 2.75) is 11.3 Å². The third-order valence-electron chi connectivity index (χ3n) is 3.79. The van der Waals surface area contributed by atoms with Crippen LogP contribution < -0.4 is 14.2 Å². The minimum Gasteiger partial charge on any atom is -0.493 e. The van der Waals surface area contributed by atoms with Gasteiger partial charge in [0, 0.05) is 18.5 Å². The number of sulfonamides is 1. The zero-order valence-electron chi connectivity index (χ0n) is 14.9. The normalized spacial score (nSPS) is 11.3. The van der Waals surface area contributed by atoms with Gasteiger partial charge in [-0.3, -0.25) is 0 Å². The summed E-state index contributed by atoms with van der Waals surface area (Å²) < 4.78 is 42.5. The van der Waals surface area contributed by atoms with Gasteiger partial charge in [0.15, 0.2) is 11.5 Å². The van der Waals surface area contributed by atoms with Crippen LogP contribution in [0.25, 0.3) is 11.4 Å². The van der Waals surface area contributed by atoms with Gasteiger partial charge in [0.05, 0.1) is 19.1 Å². The summed E-state index contributed by atoms with van der Waals surface area (Å²) in [5.41, 5.74) is 0.701. The summed E-state index contributed by atoms with van der Waals surface area (Å²) in [4.78, 5) is 4.50. The maximum Gasteiger partial charge on any atom is 0.240 e. The van der Waals surface area contributed by atoms with E-state index in [1.807, 2.05) is 0 Å². The molecule has 3 rings (SSSR count). The second-order valence-corrected chi connectivity index (χ2v) is 7.31. The Balaban J connectivity index is 1.65. The largest absolute Gasteiger partial charge is 0.493 e. The van der Waals surface area contributed by atoms with Crippen LogP contribution in [0.1, 0.15) is 5.89 Å². The lowest BCUT2D eigenvalue weighted by Crippen LogP contribution is -2.26. The average molecular weight is 389 g/mol. The smallest absolute Gasteiger partial charge is 0.240 e. The lowest BCUT2D eigenvalue weighted by molar-refractivity contribution is 0.355. The van der Waals surface area contributed by atoms with E-state index in [4.69, 9.17) is 14.0 Å². The summed E-state index contributed by atoms with van der Waals surface area (Å²) >= 11 is 0. The molecule has 0 aliphatic rings. The van der Waals surface area contributed by atoms with E-state index in [2.05, 4.69) is 14.9 Å². The van der Waals surface area contributed by atoms with Crippen molar-refractivity contribution in [1.82, 2.24) is 14.9 Å². The Hall–Kier alpha value is -2.91. The van der Waals surface area contributed by atoms with Gasteiger partial charge in [0.1, 0.15) is 0 Å². The first-order valence-corrected chi connectivity index (χ1v) is 9.61. The molecule has 0 fully saturated rings. The Bertz CT molecular complexity index is 1000. The molecule has 1 aromatic heterocycles. The number of ether oxygens (including phenoxy) is 2. The maximum atomic E-state index is 12.2. The van der Waals surface area contributed by atoms with Gasteiger partial charge in [-0.1, -0.05) is 23.4 Å². The SMILES string of the molecule is COc1ccc(-c2noc(CCNS(=O)(=O)c3ccccc3)n2)cc1OC. The van der Waals surface area contributed by atoms with Gasteiger partial charge in [-0.05, 0) is 30.3 Å². The minimum atomic E-state index is -3.56. The van der Waals surface area contributed by atoms with Gasteiger partial charge in [0.2, 0.25) is 21.7 Å². The number of methoxy groups -OCH3 is 2. The van der Waals surface area contributed by atoms with Crippen LogP contribution in [0, 0.1) is 0 Å². The molecule has 3 aromatic rings. The first-order chi connectivity index (χ1) is 13.0. The highest BCUT2D eigenvalue weighted by molar-refractivity contribution is 7.89. The molecular weight excluding hydrogens is 370 g/mol. The Kier molecular flexibility index (Phi) is 5.72. The van der Waals surface area contributed by atoms with Crippen molar-refractivity contribution in [2.75, 3.05) is 20.8 Å². The highest BCUT2D eigenvalue weighted by Crippen LogP contribution is 2.31. The van der Waals surface area contributed by atoms with Crippen molar-refractivity contribution < 1.29 is 22.4 Å². The Labute approximate surface area is 157 Å². The number of benzene rings is 2. The van der Waals surface area contributed by atoms with Crippen LogP contribution in [-0.2, 0) is 16.4 Å². The summed E-state index contributed by atoms with van der Waals surface area (Å²) in [6.07, 6.45) is 0.270. The van der Waals surface area contributed by atoms with Gasteiger partial charge < -0.3 is 14.0 Å². The van der Waals surface area contributed by atoms with Crippen LogP contribution in [0.15, 0.2) is 57.9 Å². The van der Waals surface area contributed by atoms with E-state index in [1.165, 1.54) is 12.1 Å². The van der Waals surface area contributed by atoms with E-state index < -0.39 is 10.0 Å². The average Bonchev–Trinajstić information content (AvgIpc) is 3.17. The molecule has 1 N–H and O–H groups in total. The zero-order valence-corrected chi connectivity index (χ0v) is 15.7. The molecule has 9 heteroatoms. The van der Waals surface area contributed by atoms with Crippen LogP contribution in [0.4, 0.5) is 0 Å². The molecular formula is C18H19N3O5S. The number of nitrogens with zero attached hydrogens (tertiary/aromatic N) is 2. The van der Waals surface area contributed by atoms with Crippen LogP contribution in [0.3, 0.4) is 0 Å². The van der Waals surface area contributed by atoms with Gasteiger partial charge in [0.25, 0.3) is 0 Å². The Morgan fingerprint density at radius 2 is 1.78 bits per heavy atom. The fraction of sp³-hybridized carbons (Fsp3) is 0.222. The molecule has 142 valence electrons. The van der Waals surface area contributed by atoms with E-state index in [0.717, 1.165) is 0 Å². The third kappa shape index (κ3) is 4.44. The van der Waals surface area contributed by atoms with Crippen LogP contribution in [0.5, 0.6) is 11.5 Å². The predicted molar refractivity (Wildman–Crippen MR) is 98.2 cm³/mol. The van der Waals surface area contributed by atoms with E-state index in [9.17, 15) is 8.42 Å². The van der Waals surface area contributed by atoms with Gasteiger partial charge >= 0.3 is 0 Å². The highest BCUT2D eigenvalue weighted by atomic mass is 32.2. The standard InChI is InChI=1S/C18H19N3O5S/c1-24-15-9-8-13(12-16(15)25-2)18-20-17(26-21-18)10-11-19-27(22,23)14-6-4-3-5-7-14/h3-9,12,19H,10-11H2,1-2H3. The first-order valence-electron chi connectivity index (χ1n) is 8.13. The van der Waals surface area contributed by atoms with E-state index in [0.29, 0.717) is 28.8 Å². The molecule has 0 spiro atoms. The lowest BCUT2D eigenvalue weighted by Gasteiger charge is -2.07. The van der Waals surface area contributed by atoms with Crippen LogP contribution >= 0.6 is 0 Å². The molecule has 8 nitrogen and oxygen atoms in total. The molecule has 27 heavy (non-hydrogen) atoms. The highest BCUT2D eigenvalue weighted by Gasteiger charge is 2.15. The van der Waals surface area contributed by atoms with Crippen molar-refractivity contribution in [1.29, 1.82) is 0 Å². The number of nitrogens with one attached hydrogen (secondary N) is 1. The molecule has 0 atom stereocenters. The first kappa shape index (κ1) is 18.9. The number of hydrogen-bond donors (Lipinski definition) is 1. The number of rotatable bonds is 8. The molecule has 0 saturated heterocycles. The van der Waals surface area contributed by atoms with Gasteiger partial charge in [-0.15, -0.1) is 0 Å². The van der Waals surface area contributed by atoms with E-state index in [-0.39, 0.29) is 17.9 Å². The maximum absolute atomic E-state index is 12.2. The fourth-order valence-corrected chi connectivity index (χ4v) is 3.48. The summed E-state index contributed by atoms with van der Waals surface area (Å²) in [5.74, 6) is 1.87. The molecule has 0 aliphatic heterocycles. The summed E-state index contributed by atoms with van der Waals surface area (Å²) in [6, 6.07) is 13.4. The summed E-state index contributed by atoms with van der Waals surface area (Å²) in [6.45, 7) is 0.144. The molecule has 0 unspecified atom stereocenters. The number of aromatic nitrogens is 2. The molecule has 0 bridgehead atoms. The topological polar surface area (TPSA) is 104 Å². The van der Waals surface area contributed by atoms with Crippen LogP contribution in [-0.4, -0.2) is 39.3 Å². The van der Waals surface area contributed by atoms with Gasteiger partial charge in [-0.2, -0.15) is 4.98 Å². The van der Waals surface area contributed by atoms with E-state index in [1.54, 1.807) is 50.6 Å². The summed E-state index contributed by atoms with van der Waals surface area (Å²) in [5, 5.41) is 3.93. The molecule has 0 aliphatic carbocycles. The Morgan fingerprint density at radius 1 is 1.04 bits per heavy atom. The van der Waals surface area contributed by atoms with Crippen molar-refractivity contribution in [3.8, 4) is 22.9 Å². The number of hydrogen-bond acceptors (Lipinski definition) is 7. The monoisotopic (exact) mass is 389 g/mol. The zero-order chi connectivity index (χ0) is 19.3. The molecule has 1 heterocycles. The minimum absolute atomic E-state index is 0.144.